The molecule has 104 valence electrons. The summed E-state index contributed by atoms with van der Waals surface area (Å²) in [6, 6.07) is 11.0. The van der Waals surface area contributed by atoms with Crippen molar-refractivity contribution >= 4 is 6.41 Å². The van der Waals surface area contributed by atoms with Crippen LogP contribution in [0.5, 0.6) is 0 Å². The van der Waals surface area contributed by atoms with Crippen LogP contribution in [0.1, 0.15) is 57.9 Å². The minimum Gasteiger partial charge on any atom is -0.333 e. The number of carbonyl (C=O) groups excluding carboxylic acids is 1. The van der Waals surface area contributed by atoms with Crippen LogP contribution in [0.25, 0.3) is 0 Å². The summed E-state index contributed by atoms with van der Waals surface area (Å²) < 4.78 is 0. The van der Waals surface area contributed by atoms with Crippen LogP contribution in [-0.4, -0.2) is 17.4 Å². The Kier molecular flexibility index (Phi) is 4.62. The minimum absolute atomic E-state index is 0.0559. The largest absolute Gasteiger partial charge is 0.333 e. The van der Waals surface area contributed by atoms with Gasteiger partial charge in [0.2, 0.25) is 6.41 Å². The van der Waals surface area contributed by atoms with Gasteiger partial charge in [-0.15, -0.1) is 0 Å². The summed E-state index contributed by atoms with van der Waals surface area (Å²) in [5.74, 6) is 0. The molecule has 0 unspecified atom stereocenters. The topological polar surface area (TPSA) is 20.3 Å². The van der Waals surface area contributed by atoms with Crippen LogP contribution >= 0.6 is 0 Å². The smallest absolute Gasteiger partial charge is 0.210 e. The number of amides is 1. The Labute approximate surface area is 116 Å². The molecule has 1 saturated carbocycles. The summed E-state index contributed by atoms with van der Waals surface area (Å²) in [7, 11) is 0. The molecule has 0 aromatic heterocycles. The SMILES string of the molecule is CCC(CC)N(C=O)C1(c2ccccc2)CCCC1. The standard InChI is InChI=1S/C17H25NO/c1-3-16(4-2)18(14-19)17(12-8-9-13-17)15-10-6-5-7-11-15/h5-7,10-11,14,16H,3-4,8-9,12-13H2,1-2H3. The number of hydrogen-bond donors (Lipinski definition) is 0. The molecule has 0 radical (unpaired) electrons. The van der Waals surface area contributed by atoms with Crippen molar-refractivity contribution in [1.82, 2.24) is 4.90 Å². The van der Waals surface area contributed by atoms with Gasteiger partial charge in [-0.1, -0.05) is 57.0 Å². The first-order valence-electron chi connectivity index (χ1n) is 7.57. The van der Waals surface area contributed by atoms with Crippen LogP contribution in [0, 0.1) is 0 Å². The van der Waals surface area contributed by atoms with Gasteiger partial charge in [0.05, 0.1) is 5.54 Å². The van der Waals surface area contributed by atoms with Gasteiger partial charge in [-0.3, -0.25) is 4.79 Å². The van der Waals surface area contributed by atoms with Crippen molar-refractivity contribution in [2.24, 2.45) is 0 Å². The van der Waals surface area contributed by atoms with E-state index in [0.717, 1.165) is 32.1 Å². The minimum atomic E-state index is -0.0559. The van der Waals surface area contributed by atoms with Crippen LogP contribution in [0.4, 0.5) is 0 Å². The predicted octanol–water partition coefficient (Wildman–Crippen LogP) is 4.10. The van der Waals surface area contributed by atoms with Gasteiger partial charge in [0, 0.05) is 6.04 Å². The van der Waals surface area contributed by atoms with Crippen molar-refractivity contribution in [3.8, 4) is 0 Å². The molecule has 1 aliphatic rings. The Hall–Kier alpha value is -1.31. The zero-order chi connectivity index (χ0) is 13.7. The third-order valence-corrected chi connectivity index (χ3v) is 4.69. The molecule has 0 spiro atoms. The molecule has 2 rings (SSSR count). The van der Waals surface area contributed by atoms with E-state index in [1.807, 2.05) is 0 Å². The van der Waals surface area contributed by atoms with E-state index < -0.39 is 0 Å². The monoisotopic (exact) mass is 259 g/mol. The molecule has 1 fully saturated rings. The molecule has 0 aliphatic heterocycles. The van der Waals surface area contributed by atoms with Crippen molar-refractivity contribution < 1.29 is 4.79 Å². The van der Waals surface area contributed by atoms with Gasteiger partial charge < -0.3 is 4.90 Å². The van der Waals surface area contributed by atoms with Gasteiger partial charge in [0.15, 0.2) is 0 Å². The quantitative estimate of drug-likeness (QED) is 0.704. The van der Waals surface area contributed by atoms with Gasteiger partial charge in [-0.25, -0.2) is 0 Å². The van der Waals surface area contributed by atoms with Gasteiger partial charge >= 0.3 is 0 Å². The van der Waals surface area contributed by atoms with E-state index in [-0.39, 0.29) is 5.54 Å². The van der Waals surface area contributed by atoms with Gasteiger partial charge in [0.25, 0.3) is 0 Å². The summed E-state index contributed by atoms with van der Waals surface area (Å²) in [6.45, 7) is 4.36. The normalized spacial score (nSPS) is 17.6. The fraction of sp³-hybridized carbons (Fsp3) is 0.588. The number of nitrogens with zero attached hydrogens (tertiary/aromatic N) is 1. The Morgan fingerprint density at radius 2 is 1.74 bits per heavy atom. The summed E-state index contributed by atoms with van der Waals surface area (Å²) in [5, 5.41) is 0. The molecule has 2 heteroatoms. The van der Waals surface area contributed by atoms with Crippen molar-refractivity contribution in [3.05, 3.63) is 35.9 Å². The molecular formula is C17H25NO. The molecule has 1 aliphatic carbocycles. The van der Waals surface area contributed by atoms with Crippen molar-refractivity contribution in [2.45, 2.75) is 64.0 Å². The highest BCUT2D eigenvalue weighted by molar-refractivity contribution is 5.52. The zero-order valence-electron chi connectivity index (χ0n) is 12.1. The maximum atomic E-state index is 11.8. The number of rotatable bonds is 6. The molecule has 0 saturated heterocycles. The molecule has 0 N–H and O–H groups in total. The summed E-state index contributed by atoms with van der Waals surface area (Å²) in [4.78, 5) is 13.9. The first-order chi connectivity index (χ1) is 9.28. The van der Waals surface area contributed by atoms with E-state index in [4.69, 9.17) is 0 Å². The van der Waals surface area contributed by atoms with E-state index in [1.54, 1.807) is 0 Å². The molecule has 0 heterocycles. The molecule has 1 aromatic carbocycles. The van der Waals surface area contributed by atoms with Crippen LogP contribution < -0.4 is 0 Å². The molecule has 0 bridgehead atoms. The highest BCUT2D eigenvalue weighted by Gasteiger charge is 2.42. The fourth-order valence-electron chi connectivity index (χ4n) is 3.62. The first-order valence-corrected chi connectivity index (χ1v) is 7.57. The second kappa shape index (κ2) is 6.23. The summed E-state index contributed by atoms with van der Waals surface area (Å²) in [5.41, 5.74) is 1.26. The Morgan fingerprint density at radius 1 is 1.16 bits per heavy atom. The zero-order valence-corrected chi connectivity index (χ0v) is 12.1. The second-order valence-electron chi connectivity index (χ2n) is 5.59. The molecule has 1 amide bonds. The summed E-state index contributed by atoms with van der Waals surface area (Å²) in [6.07, 6.45) is 7.81. The van der Waals surface area contributed by atoms with E-state index >= 15 is 0 Å². The van der Waals surface area contributed by atoms with Crippen LogP contribution in [0.15, 0.2) is 30.3 Å². The number of benzene rings is 1. The Balaban J connectivity index is 2.41. The molecular weight excluding hydrogens is 234 g/mol. The lowest BCUT2D eigenvalue weighted by Crippen LogP contribution is -2.49. The van der Waals surface area contributed by atoms with E-state index in [2.05, 4.69) is 49.1 Å². The summed E-state index contributed by atoms with van der Waals surface area (Å²) >= 11 is 0. The lowest BCUT2D eigenvalue weighted by Gasteiger charge is -2.44. The fourth-order valence-corrected chi connectivity index (χ4v) is 3.62. The maximum absolute atomic E-state index is 11.8. The van der Waals surface area contributed by atoms with Gasteiger partial charge in [-0.2, -0.15) is 0 Å². The second-order valence-corrected chi connectivity index (χ2v) is 5.59. The highest BCUT2D eigenvalue weighted by atomic mass is 16.1. The first kappa shape index (κ1) is 14.1. The lowest BCUT2D eigenvalue weighted by atomic mass is 9.84. The molecule has 0 atom stereocenters. The van der Waals surface area contributed by atoms with Crippen LogP contribution in [0.3, 0.4) is 0 Å². The van der Waals surface area contributed by atoms with Crippen molar-refractivity contribution in [3.63, 3.8) is 0 Å². The number of hydrogen-bond acceptors (Lipinski definition) is 1. The molecule has 19 heavy (non-hydrogen) atoms. The average Bonchev–Trinajstić information content (AvgIpc) is 2.96. The van der Waals surface area contributed by atoms with E-state index in [9.17, 15) is 4.79 Å². The van der Waals surface area contributed by atoms with Crippen LogP contribution in [0.2, 0.25) is 0 Å². The molecule has 2 nitrogen and oxygen atoms in total. The van der Waals surface area contributed by atoms with Crippen LogP contribution in [-0.2, 0) is 10.3 Å². The maximum Gasteiger partial charge on any atom is 0.210 e. The van der Waals surface area contributed by atoms with E-state index in [1.165, 1.54) is 18.4 Å². The average molecular weight is 259 g/mol. The Morgan fingerprint density at radius 3 is 2.21 bits per heavy atom. The number of carbonyl (C=O) groups is 1. The van der Waals surface area contributed by atoms with E-state index in [0.29, 0.717) is 6.04 Å². The lowest BCUT2D eigenvalue weighted by molar-refractivity contribution is -0.128. The Bertz CT molecular complexity index is 391. The highest BCUT2D eigenvalue weighted by Crippen LogP contribution is 2.44. The third-order valence-electron chi connectivity index (χ3n) is 4.69. The third kappa shape index (κ3) is 2.54. The molecule has 1 aromatic rings. The predicted molar refractivity (Wildman–Crippen MR) is 78.9 cm³/mol. The van der Waals surface area contributed by atoms with Crippen molar-refractivity contribution in [1.29, 1.82) is 0 Å². The van der Waals surface area contributed by atoms with Gasteiger partial charge in [-0.05, 0) is 31.2 Å². The van der Waals surface area contributed by atoms with Gasteiger partial charge in [0.1, 0.15) is 0 Å². The van der Waals surface area contributed by atoms with Crippen molar-refractivity contribution in [2.75, 3.05) is 0 Å².